The van der Waals surface area contributed by atoms with Crippen molar-refractivity contribution in [3.63, 3.8) is 0 Å². The van der Waals surface area contributed by atoms with Crippen molar-refractivity contribution in [2.75, 3.05) is 6.54 Å². The van der Waals surface area contributed by atoms with Gasteiger partial charge in [-0.2, -0.15) is 0 Å². The first-order valence-electron chi connectivity index (χ1n) is 9.37. The predicted molar refractivity (Wildman–Crippen MR) is 107 cm³/mol. The molecule has 3 aliphatic carbocycles. The van der Waals surface area contributed by atoms with Crippen LogP contribution in [-0.4, -0.2) is 18.5 Å². The maximum absolute atomic E-state index is 12.8. The van der Waals surface area contributed by atoms with Crippen LogP contribution in [0.4, 0.5) is 0 Å². The average molecular weight is 428 g/mol. The number of halogens is 2. The predicted octanol–water partition coefficient (Wildman–Crippen LogP) is 4.17. The minimum Gasteiger partial charge on any atom is -0.355 e. The zero-order chi connectivity index (χ0) is 16.7. The van der Waals surface area contributed by atoms with Gasteiger partial charge in [0, 0.05) is 28.4 Å². The van der Waals surface area contributed by atoms with Gasteiger partial charge in [-0.1, -0.05) is 40.5 Å². The van der Waals surface area contributed by atoms with Crippen LogP contribution in [0.25, 0.3) is 0 Å². The number of nitrogens with two attached hydrogens (primary N) is 1. The number of carbonyl (C=O) groups excluding carboxylic acids is 1. The highest BCUT2D eigenvalue weighted by atomic mass is 79.9. The van der Waals surface area contributed by atoms with E-state index in [4.69, 9.17) is 5.73 Å². The summed E-state index contributed by atoms with van der Waals surface area (Å²) in [7, 11) is 0. The van der Waals surface area contributed by atoms with Crippen molar-refractivity contribution in [1.82, 2.24) is 5.32 Å². The molecule has 3 saturated carbocycles. The maximum atomic E-state index is 12.8. The van der Waals surface area contributed by atoms with Gasteiger partial charge >= 0.3 is 0 Å². The number of rotatable bonds is 4. The Balaban J connectivity index is 0.00000182. The normalized spacial score (nSPS) is 32.4. The van der Waals surface area contributed by atoms with E-state index in [0.29, 0.717) is 17.9 Å². The molecule has 4 rings (SSSR count). The summed E-state index contributed by atoms with van der Waals surface area (Å²) in [6.07, 6.45) is 8.03. The first-order chi connectivity index (χ1) is 11.6. The van der Waals surface area contributed by atoms with E-state index in [-0.39, 0.29) is 29.6 Å². The van der Waals surface area contributed by atoms with Crippen molar-refractivity contribution in [3.05, 3.63) is 34.3 Å². The number of amides is 1. The molecule has 0 aliphatic heterocycles. The molecule has 2 unspecified atom stereocenters. The Labute approximate surface area is 165 Å². The van der Waals surface area contributed by atoms with E-state index < -0.39 is 0 Å². The van der Waals surface area contributed by atoms with Gasteiger partial charge in [-0.05, 0) is 62.0 Å². The van der Waals surface area contributed by atoms with E-state index in [9.17, 15) is 4.79 Å². The van der Waals surface area contributed by atoms with Crippen molar-refractivity contribution < 1.29 is 4.79 Å². The monoisotopic (exact) mass is 426 g/mol. The van der Waals surface area contributed by atoms with E-state index in [1.807, 2.05) is 6.07 Å². The topological polar surface area (TPSA) is 55.1 Å². The highest BCUT2D eigenvalue weighted by Gasteiger charge is 2.46. The minimum absolute atomic E-state index is 0. The Bertz CT molecular complexity index is 620. The van der Waals surface area contributed by atoms with Gasteiger partial charge in [-0.25, -0.2) is 0 Å². The summed E-state index contributed by atoms with van der Waals surface area (Å²) in [5.41, 5.74) is 7.85. The number of nitrogens with one attached hydrogen (secondary N) is 1. The third-order valence-corrected chi connectivity index (χ3v) is 7.38. The highest BCUT2D eigenvalue weighted by Crippen LogP contribution is 2.50. The van der Waals surface area contributed by atoms with Crippen molar-refractivity contribution in [3.8, 4) is 0 Å². The summed E-state index contributed by atoms with van der Waals surface area (Å²) < 4.78 is 1.16. The number of hydrogen-bond acceptors (Lipinski definition) is 2. The Morgan fingerprint density at radius 2 is 1.84 bits per heavy atom. The molecule has 0 spiro atoms. The molecule has 2 atom stereocenters. The van der Waals surface area contributed by atoms with E-state index in [2.05, 4.69) is 39.4 Å². The molecule has 1 aromatic rings. The van der Waals surface area contributed by atoms with E-state index in [0.717, 1.165) is 36.7 Å². The SMILES string of the molecule is Cl.NC1C2CCCC1CC(C(=O)NCC1(c3ccccc3Br)CC1)C2. The molecule has 0 saturated heterocycles. The maximum Gasteiger partial charge on any atom is 0.223 e. The third-order valence-electron chi connectivity index (χ3n) is 6.68. The number of fused-ring (bicyclic) bond motifs is 2. The fourth-order valence-corrected chi connectivity index (χ4v) is 5.69. The molecule has 138 valence electrons. The molecule has 0 radical (unpaired) electrons. The molecule has 2 bridgehead atoms. The van der Waals surface area contributed by atoms with Crippen LogP contribution in [0.5, 0.6) is 0 Å². The largest absolute Gasteiger partial charge is 0.355 e. The molecule has 1 aromatic carbocycles. The summed E-state index contributed by atoms with van der Waals surface area (Å²) in [6, 6.07) is 8.75. The summed E-state index contributed by atoms with van der Waals surface area (Å²) >= 11 is 3.67. The van der Waals surface area contributed by atoms with Gasteiger partial charge in [-0.15, -0.1) is 12.4 Å². The fraction of sp³-hybridized carbons (Fsp3) is 0.650. The second-order valence-corrected chi connectivity index (χ2v) is 9.03. The first-order valence-corrected chi connectivity index (χ1v) is 10.2. The Hall–Kier alpha value is -0.580. The van der Waals surface area contributed by atoms with Gasteiger partial charge in [0.15, 0.2) is 0 Å². The number of benzene rings is 1. The molecule has 3 fully saturated rings. The van der Waals surface area contributed by atoms with Crippen LogP contribution in [0.15, 0.2) is 28.7 Å². The Kier molecular flexibility index (Phi) is 5.81. The zero-order valence-corrected chi connectivity index (χ0v) is 16.9. The molecule has 3 aliphatic rings. The van der Waals surface area contributed by atoms with Crippen LogP contribution in [0.2, 0.25) is 0 Å². The lowest BCUT2D eigenvalue weighted by Gasteiger charge is -2.43. The van der Waals surface area contributed by atoms with E-state index in [1.165, 1.54) is 24.8 Å². The first kappa shape index (κ1) is 19.2. The average Bonchev–Trinajstić information content (AvgIpc) is 3.34. The quantitative estimate of drug-likeness (QED) is 0.757. The second-order valence-electron chi connectivity index (χ2n) is 8.17. The summed E-state index contributed by atoms with van der Waals surface area (Å²) in [5, 5.41) is 3.28. The molecule has 25 heavy (non-hydrogen) atoms. The van der Waals surface area contributed by atoms with Crippen LogP contribution < -0.4 is 11.1 Å². The molecule has 3 N–H and O–H groups in total. The minimum atomic E-state index is 0. The number of carbonyl (C=O) groups is 1. The lowest BCUT2D eigenvalue weighted by atomic mass is 9.65. The smallest absolute Gasteiger partial charge is 0.223 e. The van der Waals surface area contributed by atoms with E-state index in [1.54, 1.807) is 0 Å². The molecule has 3 nitrogen and oxygen atoms in total. The van der Waals surface area contributed by atoms with Crippen molar-refractivity contribution in [1.29, 1.82) is 0 Å². The van der Waals surface area contributed by atoms with Crippen molar-refractivity contribution in [2.24, 2.45) is 23.5 Å². The Morgan fingerprint density at radius 1 is 1.20 bits per heavy atom. The molecular weight excluding hydrogens is 400 g/mol. The van der Waals surface area contributed by atoms with Gasteiger partial charge in [0.25, 0.3) is 0 Å². The molecular formula is C20H28BrClN2O. The fourth-order valence-electron chi connectivity index (χ4n) is 4.99. The molecule has 1 amide bonds. The van der Waals surface area contributed by atoms with Gasteiger partial charge in [0.1, 0.15) is 0 Å². The molecule has 0 aromatic heterocycles. The van der Waals surface area contributed by atoms with Crippen LogP contribution in [0.3, 0.4) is 0 Å². The molecule has 0 heterocycles. The zero-order valence-electron chi connectivity index (χ0n) is 14.5. The summed E-state index contributed by atoms with van der Waals surface area (Å²) in [5.74, 6) is 1.56. The Morgan fingerprint density at radius 3 is 2.44 bits per heavy atom. The van der Waals surface area contributed by atoms with Crippen molar-refractivity contribution in [2.45, 2.75) is 56.4 Å². The second kappa shape index (κ2) is 7.58. The van der Waals surface area contributed by atoms with Crippen molar-refractivity contribution >= 4 is 34.2 Å². The standard InChI is InChI=1S/C20H27BrN2O.ClH/c21-17-7-2-1-6-16(17)20(8-9-20)12-23-19(24)15-10-13-4-3-5-14(11-15)18(13)22;/h1-2,6-7,13-15,18H,3-5,8-12,22H2,(H,23,24);1H. The van der Waals surface area contributed by atoms with Gasteiger partial charge in [-0.3, -0.25) is 4.79 Å². The lowest BCUT2D eigenvalue weighted by molar-refractivity contribution is -0.128. The van der Waals surface area contributed by atoms with E-state index >= 15 is 0 Å². The van der Waals surface area contributed by atoms with Gasteiger partial charge < -0.3 is 11.1 Å². The third kappa shape index (κ3) is 3.77. The summed E-state index contributed by atoms with van der Waals surface area (Å²) in [4.78, 5) is 12.8. The van der Waals surface area contributed by atoms with Crippen LogP contribution in [-0.2, 0) is 10.2 Å². The van der Waals surface area contributed by atoms with Crippen LogP contribution in [0.1, 0.15) is 50.5 Å². The summed E-state index contributed by atoms with van der Waals surface area (Å²) in [6.45, 7) is 0.770. The lowest BCUT2D eigenvalue weighted by Crippen LogP contribution is -2.49. The van der Waals surface area contributed by atoms with Gasteiger partial charge in [0.2, 0.25) is 5.91 Å². The van der Waals surface area contributed by atoms with Crippen LogP contribution in [0, 0.1) is 17.8 Å². The molecule has 5 heteroatoms. The number of hydrogen-bond donors (Lipinski definition) is 2. The van der Waals surface area contributed by atoms with Gasteiger partial charge in [0.05, 0.1) is 0 Å². The van der Waals surface area contributed by atoms with Crippen LogP contribution >= 0.6 is 28.3 Å². The highest BCUT2D eigenvalue weighted by molar-refractivity contribution is 9.10.